The summed E-state index contributed by atoms with van der Waals surface area (Å²) in [6.45, 7) is 1.85. The number of aromatic nitrogens is 2. The van der Waals surface area contributed by atoms with Crippen LogP contribution in [0.1, 0.15) is 24.4 Å². The van der Waals surface area contributed by atoms with E-state index in [1.54, 1.807) is 6.07 Å². The van der Waals surface area contributed by atoms with Crippen LogP contribution in [0.25, 0.3) is 11.0 Å². The van der Waals surface area contributed by atoms with E-state index >= 15 is 0 Å². The van der Waals surface area contributed by atoms with Gasteiger partial charge in [0.1, 0.15) is 5.52 Å². The summed E-state index contributed by atoms with van der Waals surface area (Å²) in [6.07, 6.45) is 1.29. The van der Waals surface area contributed by atoms with Crippen molar-refractivity contribution in [2.24, 2.45) is 5.92 Å². The van der Waals surface area contributed by atoms with E-state index in [9.17, 15) is 9.00 Å². The molecular formula is C24H26Cl2N4O2S. The van der Waals surface area contributed by atoms with E-state index in [1.807, 2.05) is 29.2 Å². The highest BCUT2D eigenvalue weighted by atomic mass is 35.5. The van der Waals surface area contributed by atoms with Crippen LogP contribution < -0.4 is 4.90 Å². The highest BCUT2D eigenvalue weighted by Gasteiger charge is 2.37. The zero-order valence-corrected chi connectivity index (χ0v) is 20.5. The number of H-pyrrole nitrogens is 1. The third kappa shape index (κ3) is 4.59. The van der Waals surface area contributed by atoms with Gasteiger partial charge in [-0.05, 0) is 45.9 Å². The van der Waals surface area contributed by atoms with E-state index in [-0.39, 0.29) is 17.9 Å². The summed E-state index contributed by atoms with van der Waals surface area (Å²) >= 11 is 12.5. The van der Waals surface area contributed by atoms with Gasteiger partial charge in [-0.1, -0.05) is 53.5 Å². The number of imidazole rings is 1. The van der Waals surface area contributed by atoms with Crippen LogP contribution in [-0.2, 0) is 14.3 Å². The quantitative estimate of drug-likeness (QED) is 0.537. The standard InChI is InChI=1S/C24H26Cl2N4O2S/c1-33(32)11-7-17(8-12-33)23(31)30-10-9-29(15-21(30)16-5-3-2-4-6-16)24-27-20-14-18(25)13-19(26)22(20)28-24/h2-6,13-14,17,21H,1,7-12,15H2,(H,27,28). The zero-order chi connectivity index (χ0) is 23.2. The minimum atomic E-state index is -2.02. The maximum atomic E-state index is 13.6. The molecule has 9 heteroatoms. The van der Waals surface area contributed by atoms with Gasteiger partial charge in [0.25, 0.3) is 0 Å². The number of anilines is 1. The molecule has 1 aromatic heterocycles. The van der Waals surface area contributed by atoms with Gasteiger partial charge < -0.3 is 14.8 Å². The Labute approximate surface area is 203 Å². The van der Waals surface area contributed by atoms with Crippen molar-refractivity contribution >= 4 is 61.5 Å². The Morgan fingerprint density at radius 2 is 1.85 bits per heavy atom. The molecule has 0 spiro atoms. The molecule has 6 nitrogen and oxygen atoms in total. The number of rotatable bonds is 3. The summed E-state index contributed by atoms with van der Waals surface area (Å²) in [5.74, 6) is 5.68. The Bertz CT molecular complexity index is 1280. The lowest BCUT2D eigenvalue weighted by molar-refractivity contribution is -0.138. The third-order valence-electron chi connectivity index (χ3n) is 6.67. The summed E-state index contributed by atoms with van der Waals surface area (Å²) in [4.78, 5) is 25.8. The van der Waals surface area contributed by atoms with E-state index in [0.29, 0.717) is 59.5 Å². The molecule has 2 aliphatic heterocycles. The number of nitrogens with one attached hydrogen (secondary N) is 1. The van der Waals surface area contributed by atoms with Gasteiger partial charge in [-0.15, -0.1) is 0 Å². The molecule has 2 aliphatic rings. The molecule has 5 rings (SSSR count). The molecule has 2 fully saturated rings. The maximum absolute atomic E-state index is 13.6. The first-order chi connectivity index (χ1) is 15.8. The summed E-state index contributed by atoms with van der Waals surface area (Å²) in [6, 6.07) is 13.5. The van der Waals surface area contributed by atoms with E-state index < -0.39 is 9.52 Å². The lowest BCUT2D eigenvalue weighted by Gasteiger charge is -2.43. The number of hydrogen-bond acceptors (Lipinski definition) is 4. The number of amides is 1. The van der Waals surface area contributed by atoms with Crippen LogP contribution in [0.15, 0.2) is 42.5 Å². The fourth-order valence-electron chi connectivity index (χ4n) is 4.82. The summed E-state index contributed by atoms with van der Waals surface area (Å²) < 4.78 is 12.3. The molecule has 0 saturated carbocycles. The lowest BCUT2D eigenvalue weighted by atomic mass is 9.96. The molecule has 1 unspecified atom stereocenters. The molecule has 1 amide bonds. The minimum absolute atomic E-state index is 0.0914. The van der Waals surface area contributed by atoms with Crippen LogP contribution in [-0.4, -0.2) is 62.0 Å². The van der Waals surface area contributed by atoms with Crippen LogP contribution in [0, 0.1) is 5.92 Å². The maximum Gasteiger partial charge on any atom is 0.226 e. The van der Waals surface area contributed by atoms with Crippen LogP contribution >= 0.6 is 23.2 Å². The Kier molecular flexibility index (Phi) is 6.05. The van der Waals surface area contributed by atoms with Gasteiger partial charge in [0.05, 0.1) is 16.6 Å². The second-order valence-corrected chi connectivity index (χ2v) is 12.5. The van der Waals surface area contributed by atoms with Crippen molar-refractivity contribution in [3.63, 3.8) is 0 Å². The van der Waals surface area contributed by atoms with Gasteiger partial charge in [-0.2, -0.15) is 0 Å². The molecule has 2 saturated heterocycles. The Balaban J connectivity index is 1.42. The van der Waals surface area contributed by atoms with Gasteiger partial charge in [-0.25, -0.2) is 4.98 Å². The topological polar surface area (TPSA) is 69.3 Å². The third-order valence-corrected chi connectivity index (χ3v) is 9.13. The molecule has 2 aromatic carbocycles. The Morgan fingerprint density at radius 1 is 1.12 bits per heavy atom. The first kappa shape index (κ1) is 22.6. The number of benzene rings is 2. The molecule has 33 heavy (non-hydrogen) atoms. The highest BCUT2D eigenvalue weighted by molar-refractivity contribution is 8.00. The van der Waals surface area contributed by atoms with Crippen LogP contribution in [0.2, 0.25) is 10.0 Å². The lowest BCUT2D eigenvalue weighted by Crippen LogP contribution is -2.53. The average molecular weight is 505 g/mol. The molecule has 0 aliphatic carbocycles. The molecule has 174 valence electrons. The molecule has 1 atom stereocenters. The van der Waals surface area contributed by atoms with Crippen molar-refractivity contribution in [2.45, 2.75) is 18.9 Å². The first-order valence-corrected chi connectivity index (χ1v) is 13.9. The molecule has 3 heterocycles. The average Bonchev–Trinajstić information content (AvgIpc) is 3.23. The molecule has 0 bridgehead atoms. The van der Waals surface area contributed by atoms with Gasteiger partial charge in [0.15, 0.2) is 0 Å². The largest absolute Gasteiger partial charge is 0.338 e. The van der Waals surface area contributed by atoms with E-state index in [2.05, 4.69) is 27.9 Å². The number of fused-ring (bicyclic) bond motifs is 1. The van der Waals surface area contributed by atoms with E-state index in [0.717, 1.165) is 17.0 Å². The van der Waals surface area contributed by atoms with Gasteiger partial charge >= 0.3 is 0 Å². The van der Waals surface area contributed by atoms with Crippen LogP contribution in [0.5, 0.6) is 0 Å². The smallest absolute Gasteiger partial charge is 0.226 e. The fourth-order valence-corrected chi connectivity index (χ4v) is 6.99. The minimum Gasteiger partial charge on any atom is -0.338 e. The molecule has 3 aromatic rings. The number of piperazine rings is 1. The number of halogens is 2. The second kappa shape index (κ2) is 8.85. The Hall–Kier alpha value is -2.22. The summed E-state index contributed by atoms with van der Waals surface area (Å²) in [5, 5.41) is 1.06. The van der Waals surface area contributed by atoms with E-state index in [1.165, 1.54) is 0 Å². The zero-order valence-electron chi connectivity index (χ0n) is 18.2. The van der Waals surface area contributed by atoms with E-state index in [4.69, 9.17) is 28.2 Å². The monoisotopic (exact) mass is 504 g/mol. The van der Waals surface area contributed by atoms with Gasteiger partial charge in [0, 0.05) is 42.1 Å². The van der Waals surface area contributed by atoms with Crippen LogP contribution in [0.4, 0.5) is 5.95 Å². The molecular weight excluding hydrogens is 479 g/mol. The van der Waals surface area contributed by atoms with Gasteiger partial charge in [0.2, 0.25) is 11.9 Å². The predicted octanol–water partition coefficient (Wildman–Crippen LogP) is 4.39. The SMILES string of the molecule is C=S1(=O)CCC(C(=O)N2CCN(c3nc4c(Cl)cc(Cl)cc4[nH]3)CC2c2ccccc2)CC1. The first-order valence-electron chi connectivity index (χ1n) is 11.1. The normalized spacial score (nSPS) is 26.0. The fraction of sp³-hybridized carbons (Fsp3) is 0.375. The number of carbonyl (C=O) groups is 1. The number of carbonyl (C=O) groups excluding carboxylic acids is 1. The summed E-state index contributed by atoms with van der Waals surface area (Å²) in [5.41, 5.74) is 2.56. The number of nitrogens with zero attached hydrogens (tertiary/aromatic N) is 3. The van der Waals surface area contributed by atoms with Crippen LogP contribution in [0.3, 0.4) is 0 Å². The van der Waals surface area contributed by atoms with Crippen molar-refractivity contribution in [2.75, 3.05) is 36.0 Å². The molecule has 0 radical (unpaired) electrons. The second-order valence-electron chi connectivity index (χ2n) is 8.90. The van der Waals surface area contributed by atoms with Crippen molar-refractivity contribution in [3.8, 4) is 0 Å². The highest BCUT2D eigenvalue weighted by Crippen LogP contribution is 2.33. The Morgan fingerprint density at radius 3 is 2.58 bits per heavy atom. The van der Waals surface area contributed by atoms with Crippen molar-refractivity contribution < 1.29 is 9.00 Å². The van der Waals surface area contributed by atoms with Crippen molar-refractivity contribution in [1.82, 2.24) is 14.9 Å². The van der Waals surface area contributed by atoms with Crippen molar-refractivity contribution in [1.29, 1.82) is 0 Å². The number of aromatic amines is 1. The van der Waals surface area contributed by atoms with Crippen molar-refractivity contribution in [3.05, 3.63) is 58.1 Å². The van der Waals surface area contributed by atoms with Gasteiger partial charge in [-0.3, -0.25) is 9.00 Å². The summed E-state index contributed by atoms with van der Waals surface area (Å²) in [7, 11) is -2.02. The predicted molar refractivity (Wildman–Crippen MR) is 137 cm³/mol. The number of hydrogen-bond donors (Lipinski definition) is 1. The molecule has 1 N–H and O–H groups in total.